The predicted molar refractivity (Wildman–Crippen MR) is 100 cm³/mol. The maximum atomic E-state index is 13.9. The second kappa shape index (κ2) is 6.42. The van der Waals surface area contributed by atoms with E-state index < -0.39 is 11.6 Å². The summed E-state index contributed by atoms with van der Waals surface area (Å²) in [4.78, 5) is 13.6. The fraction of sp³-hybridized carbons (Fsp3) is 0.167. The van der Waals surface area contributed by atoms with Gasteiger partial charge in [-0.3, -0.25) is 4.98 Å². The number of hydrogen-bond acceptors (Lipinski definition) is 6. The summed E-state index contributed by atoms with van der Waals surface area (Å²) in [5.41, 5.74) is 4.25. The number of thiazole rings is 1. The van der Waals surface area contributed by atoms with Gasteiger partial charge in [-0.05, 0) is 24.6 Å². The average Bonchev–Trinajstić information content (AvgIpc) is 3.03. The molecule has 0 aliphatic rings. The van der Waals surface area contributed by atoms with E-state index in [2.05, 4.69) is 15.0 Å². The minimum Gasteiger partial charge on any atom is -0.505 e. The first-order valence-electron chi connectivity index (χ1n) is 7.71. The molecule has 8 heteroatoms. The summed E-state index contributed by atoms with van der Waals surface area (Å²) in [6.07, 6.45) is 1.66. The van der Waals surface area contributed by atoms with E-state index in [4.69, 9.17) is 16.3 Å². The molecule has 0 saturated heterocycles. The lowest BCUT2D eigenvalue weighted by Gasteiger charge is -2.06. The maximum absolute atomic E-state index is 13.9. The third-order valence-corrected chi connectivity index (χ3v) is 5.29. The van der Waals surface area contributed by atoms with E-state index >= 15 is 0 Å². The van der Waals surface area contributed by atoms with Crippen molar-refractivity contribution >= 4 is 44.2 Å². The Morgan fingerprint density at radius 3 is 2.81 bits per heavy atom. The summed E-state index contributed by atoms with van der Waals surface area (Å²) >= 11 is 7.32. The quantitative estimate of drug-likeness (QED) is 0.542. The fourth-order valence-corrected chi connectivity index (χ4v) is 4.11. The molecule has 1 N–H and O–H groups in total. The first kappa shape index (κ1) is 17.1. The van der Waals surface area contributed by atoms with Crippen LogP contribution in [0, 0.1) is 12.7 Å². The molecule has 0 unspecified atom stereocenters. The van der Waals surface area contributed by atoms with Crippen molar-refractivity contribution in [2.24, 2.45) is 0 Å². The Morgan fingerprint density at radius 2 is 2.04 bits per heavy atom. The molecule has 0 radical (unpaired) electrons. The van der Waals surface area contributed by atoms with Gasteiger partial charge in [-0.15, -0.1) is 11.3 Å². The summed E-state index contributed by atoms with van der Waals surface area (Å²) in [6.45, 7) is 2.33. The SMILES string of the molecule is COCc1cnc2c(-c3nc4c(Cl)c(F)c(O)cc4s3)cc(C)cc2n1. The van der Waals surface area contributed by atoms with Crippen molar-refractivity contribution in [2.75, 3.05) is 7.11 Å². The highest BCUT2D eigenvalue weighted by molar-refractivity contribution is 7.21. The molecule has 0 fully saturated rings. The summed E-state index contributed by atoms with van der Waals surface area (Å²) in [7, 11) is 1.60. The summed E-state index contributed by atoms with van der Waals surface area (Å²) in [5.74, 6) is -1.36. The molecule has 5 nitrogen and oxygen atoms in total. The number of halogens is 2. The highest BCUT2D eigenvalue weighted by Gasteiger charge is 2.18. The number of fused-ring (bicyclic) bond motifs is 2. The van der Waals surface area contributed by atoms with Gasteiger partial charge in [0.1, 0.15) is 15.5 Å². The molecule has 26 heavy (non-hydrogen) atoms. The number of phenolic OH excluding ortho intramolecular Hbond substituents is 1. The van der Waals surface area contributed by atoms with Gasteiger partial charge < -0.3 is 9.84 Å². The van der Waals surface area contributed by atoms with Gasteiger partial charge in [-0.1, -0.05) is 11.6 Å². The van der Waals surface area contributed by atoms with Crippen LogP contribution in [0.3, 0.4) is 0 Å². The van der Waals surface area contributed by atoms with Crippen LogP contribution in [0.1, 0.15) is 11.3 Å². The second-order valence-electron chi connectivity index (χ2n) is 5.86. The molecule has 0 spiro atoms. The number of rotatable bonds is 3. The normalized spacial score (nSPS) is 11.5. The Bertz CT molecular complexity index is 1160. The number of aromatic nitrogens is 3. The zero-order valence-corrected chi connectivity index (χ0v) is 15.5. The molecule has 0 amide bonds. The molecule has 2 heterocycles. The van der Waals surface area contributed by atoms with E-state index in [1.54, 1.807) is 13.3 Å². The van der Waals surface area contributed by atoms with Crippen LogP contribution in [0.4, 0.5) is 4.39 Å². The summed E-state index contributed by atoms with van der Waals surface area (Å²) < 4.78 is 19.6. The van der Waals surface area contributed by atoms with Crippen LogP contribution < -0.4 is 0 Å². The van der Waals surface area contributed by atoms with Crippen molar-refractivity contribution in [3.05, 3.63) is 46.5 Å². The van der Waals surface area contributed by atoms with Crippen LogP contribution in [-0.2, 0) is 11.3 Å². The van der Waals surface area contributed by atoms with Crippen molar-refractivity contribution in [3.63, 3.8) is 0 Å². The van der Waals surface area contributed by atoms with Gasteiger partial charge in [0, 0.05) is 18.7 Å². The Balaban J connectivity index is 1.96. The molecular weight excluding hydrogens is 377 g/mol. The molecule has 4 rings (SSSR count). The largest absolute Gasteiger partial charge is 0.505 e. The average molecular weight is 390 g/mol. The number of phenols is 1. The second-order valence-corrected chi connectivity index (χ2v) is 7.27. The standard InChI is InChI=1S/C18H13ClFN3O2S/c1-8-3-10(16-11(4-8)22-9(6-21-16)7-25-2)18-23-17-13(26-18)5-12(24)15(20)14(17)19/h3-6,24H,7H2,1-2H3. The van der Waals surface area contributed by atoms with E-state index in [0.717, 1.165) is 22.3 Å². The van der Waals surface area contributed by atoms with Crippen molar-refractivity contribution < 1.29 is 14.2 Å². The van der Waals surface area contributed by atoms with Gasteiger partial charge in [0.15, 0.2) is 11.6 Å². The lowest BCUT2D eigenvalue weighted by molar-refractivity contribution is 0.181. The van der Waals surface area contributed by atoms with Gasteiger partial charge in [-0.25, -0.2) is 14.4 Å². The third-order valence-electron chi connectivity index (χ3n) is 3.91. The summed E-state index contributed by atoms with van der Waals surface area (Å²) in [5, 5.41) is 10.1. The number of aromatic hydroxyl groups is 1. The van der Waals surface area contributed by atoms with Crippen LogP contribution in [0.5, 0.6) is 5.75 Å². The number of aryl methyl sites for hydroxylation is 1. The first-order valence-corrected chi connectivity index (χ1v) is 8.90. The van der Waals surface area contributed by atoms with Crippen LogP contribution in [0.2, 0.25) is 5.02 Å². The van der Waals surface area contributed by atoms with E-state index in [-0.39, 0.29) is 5.02 Å². The number of hydrogen-bond donors (Lipinski definition) is 1. The van der Waals surface area contributed by atoms with Crippen LogP contribution in [-0.4, -0.2) is 27.2 Å². The molecule has 0 atom stereocenters. The van der Waals surface area contributed by atoms with Gasteiger partial charge in [0.2, 0.25) is 0 Å². The number of ether oxygens (including phenoxy) is 1. The Morgan fingerprint density at radius 1 is 1.23 bits per heavy atom. The van der Waals surface area contributed by atoms with E-state index in [1.807, 2.05) is 19.1 Å². The van der Waals surface area contributed by atoms with Crippen LogP contribution in [0.15, 0.2) is 24.4 Å². The smallest absolute Gasteiger partial charge is 0.185 e. The lowest BCUT2D eigenvalue weighted by atomic mass is 10.1. The van der Waals surface area contributed by atoms with Gasteiger partial charge in [0.05, 0.1) is 34.2 Å². The highest BCUT2D eigenvalue weighted by atomic mass is 35.5. The van der Waals surface area contributed by atoms with Gasteiger partial charge >= 0.3 is 0 Å². The molecule has 2 aromatic carbocycles. The number of methoxy groups -OCH3 is 1. The molecular formula is C18H13ClFN3O2S. The monoisotopic (exact) mass is 389 g/mol. The minimum absolute atomic E-state index is 0.187. The predicted octanol–water partition coefficient (Wildman–Crippen LogP) is 4.86. The molecule has 0 aliphatic carbocycles. The van der Waals surface area contributed by atoms with E-state index in [9.17, 15) is 9.50 Å². The van der Waals surface area contributed by atoms with Gasteiger partial charge in [-0.2, -0.15) is 0 Å². The molecule has 4 aromatic rings. The topological polar surface area (TPSA) is 68.1 Å². The van der Waals surface area contributed by atoms with E-state index in [1.165, 1.54) is 17.4 Å². The molecule has 0 bridgehead atoms. The summed E-state index contributed by atoms with van der Waals surface area (Å²) in [6, 6.07) is 5.23. The molecule has 132 valence electrons. The van der Waals surface area contributed by atoms with E-state index in [0.29, 0.717) is 27.3 Å². The van der Waals surface area contributed by atoms with Crippen LogP contribution in [0.25, 0.3) is 31.8 Å². The Labute approximate surface area is 157 Å². The van der Waals surface area contributed by atoms with Crippen molar-refractivity contribution in [1.82, 2.24) is 15.0 Å². The van der Waals surface area contributed by atoms with Crippen molar-refractivity contribution in [2.45, 2.75) is 13.5 Å². The van der Waals surface area contributed by atoms with Gasteiger partial charge in [0.25, 0.3) is 0 Å². The molecule has 0 aliphatic heterocycles. The first-order chi connectivity index (χ1) is 12.5. The Hall–Kier alpha value is -2.35. The number of nitrogens with zero attached hydrogens (tertiary/aromatic N) is 3. The Kier molecular flexibility index (Phi) is 4.22. The maximum Gasteiger partial charge on any atom is 0.185 e. The molecule has 0 saturated carbocycles. The third kappa shape index (κ3) is 2.78. The minimum atomic E-state index is -0.867. The molecule has 2 aromatic heterocycles. The van der Waals surface area contributed by atoms with Crippen LogP contribution >= 0.6 is 22.9 Å². The highest BCUT2D eigenvalue weighted by Crippen LogP contribution is 2.40. The zero-order chi connectivity index (χ0) is 18.4. The zero-order valence-electron chi connectivity index (χ0n) is 13.9. The van der Waals surface area contributed by atoms with Crippen molar-refractivity contribution in [1.29, 1.82) is 0 Å². The fourth-order valence-electron chi connectivity index (χ4n) is 2.79. The lowest BCUT2D eigenvalue weighted by Crippen LogP contribution is -1.96. The van der Waals surface area contributed by atoms with Crippen molar-refractivity contribution in [3.8, 4) is 16.3 Å². The number of benzene rings is 2.